The monoisotopic (exact) mass is 233 g/mol. The largest absolute Gasteiger partial charge is 0.468 e. The highest BCUT2D eigenvalue weighted by Crippen LogP contribution is 2.05. The zero-order valence-electron chi connectivity index (χ0n) is 10.4. The van der Waals surface area contributed by atoms with Crippen molar-refractivity contribution in [3.63, 3.8) is 0 Å². The van der Waals surface area contributed by atoms with E-state index in [0.717, 1.165) is 25.4 Å². The van der Waals surface area contributed by atoms with Crippen LogP contribution in [0.3, 0.4) is 0 Å². The molecule has 0 aromatic carbocycles. The summed E-state index contributed by atoms with van der Waals surface area (Å²) < 4.78 is 7.32. The Morgan fingerprint density at radius 2 is 2.24 bits per heavy atom. The van der Waals surface area contributed by atoms with Crippen LogP contribution in [0.4, 0.5) is 0 Å². The Balaban J connectivity index is 1.84. The molecule has 0 bridgehead atoms. The Labute approximate surface area is 102 Å². The lowest BCUT2D eigenvalue weighted by Gasteiger charge is -2.10. The van der Waals surface area contributed by atoms with Gasteiger partial charge in [-0.3, -0.25) is 4.68 Å². The van der Waals surface area contributed by atoms with Gasteiger partial charge >= 0.3 is 0 Å². The van der Waals surface area contributed by atoms with E-state index in [9.17, 15) is 0 Å². The van der Waals surface area contributed by atoms with Crippen LogP contribution in [0.5, 0.6) is 0 Å². The third kappa shape index (κ3) is 3.46. The van der Waals surface area contributed by atoms with Crippen LogP contribution < -0.4 is 5.32 Å². The summed E-state index contributed by atoms with van der Waals surface area (Å²) in [6.45, 7) is 6.92. The van der Waals surface area contributed by atoms with Gasteiger partial charge in [-0.15, -0.1) is 0 Å². The Kier molecular flexibility index (Phi) is 3.98. The Morgan fingerprint density at radius 3 is 2.94 bits per heavy atom. The van der Waals surface area contributed by atoms with Crippen molar-refractivity contribution in [2.45, 2.75) is 33.5 Å². The van der Waals surface area contributed by atoms with Gasteiger partial charge in [-0.2, -0.15) is 5.10 Å². The van der Waals surface area contributed by atoms with Crippen LogP contribution in [0, 0.1) is 5.92 Å². The molecule has 0 radical (unpaired) electrons. The van der Waals surface area contributed by atoms with Crippen LogP contribution in [0.2, 0.25) is 0 Å². The van der Waals surface area contributed by atoms with Gasteiger partial charge in [-0.05, 0) is 24.1 Å². The number of furan rings is 1. The molecule has 4 nitrogen and oxygen atoms in total. The minimum Gasteiger partial charge on any atom is -0.468 e. The number of aromatic nitrogens is 2. The molecule has 2 heterocycles. The third-order valence-electron chi connectivity index (χ3n) is 2.53. The smallest absolute Gasteiger partial charge is 0.117 e. The van der Waals surface area contributed by atoms with Crippen LogP contribution in [-0.4, -0.2) is 9.78 Å². The molecule has 0 unspecified atom stereocenters. The molecule has 0 amide bonds. The number of nitrogens with zero attached hydrogens (tertiary/aromatic N) is 2. The molecular weight excluding hydrogens is 214 g/mol. The second kappa shape index (κ2) is 5.68. The molecule has 0 aliphatic rings. The van der Waals surface area contributed by atoms with Crippen molar-refractivity contribution in [3.05, 3.63) is 42.1 Å². The summed E-state index contributed by atoms with van der Waals surface area (Å²) >= 11 is 0. The van der Waals surface area contributed by atoms with Gasteiger partial charge in [0.25, 0.3) is 0 Å². The summed E-state index contributed by atoms with van der Waals surface area (Å²) in [5.74, 6) is 1.57. The average molecular weight is 233 g/mol. The van der Waals surface area contributed by atoms with Crippen LogP contribution in [-0.2, 0) is 19.6 Å². The van der Waals surface area contributed by atoms with E-state index in [1.54, 1.807) is 6.26 Å². The normalized spacial score (nSPS) is 11.2. The van der Waals surface area contributed by atoms with Crippen LogP contribution >= 0.6 is 0 Å². The average Bonchev–Trinajstić information content (AvgIpc) is 2.90. The summed E-state index contributed by atoms with van der Waals surface area (Å²) in [6, 6.07) is 5.93. The van der Waals surface area contributed by atoms with Crippen molar-refractivity contribution in [3.8, 4) is 0 Å². The predicted molar refractivity (Wildman–Crippen MR) is 66.3 cm³/mol. The molecule has 0 aliphatic carbocycles. The summed E-state index contributed by atoms with van der Waals surface area (Å²) in [4.78, 5) is 0. The summed E-state index contributed by atoms with van der Waals surface area (Å²) in [5.41, 5.74) is 1.21. The molecule has 2 rings (SSSR count). The van der Waals surface area contributed by atoms with Gasteiger partial charge in [0.05, 0.1) is 18.5 Å². The van der Waals surface area contributed by atoms with Crippen molar-refractivity contribution in [1.82, 2.24) is 15.1 Å². The molecule has 0 atom stereocenters. The third-order valence-corrected chi connectivity index (χ3v) is 2.53. The van der Waals surface area contributed by atoms with E-state index >= 15 is 0 Å². The first-order valence-corrected chi connectivity index (χ1v) is 5.99. The second-order valence-corrected chi connectivity index (χ2v) is 4.58. The standard InChI is InChI=1S/C13H19N3O/c1-11(2)10-16-12(5-6-15-16)8-14-9-13-4-3-7-17-13/h3-7,11,14H,8-10H2,1-2H3. The molecule has 0 saturated heterocycles. The highest BCUT2D eigenvalue weighted by molar-refractivity contribution is 5.02. The van der Waals surface area contributed by atoms with Crippen LogP contribution in [0.15, 0.2) is 35.1 Å². The number of hydrogen-bond donors (Lipinski definition) is 1. The first kappa shape index (κ1) is 11.9. The second-order valence-electron chi connectivity index (χ2n) is 4.58. The summed E-state index contributed by atoms with van der Waals surface area (Å²) in [5, 5.41) is 7.67. The summed E-state index contributed by atoms with van der Waals surface area (Å²) in [6.07, 6.45) is 3.55. The fourth-order valence-corrected chi connectivity index (χ4v) is 1.75. The minimum absolute atomic E-state index is 0.610. The topological polar surface area (TPSA) is 43.0 Å². The van der Waals surface area contributed by atoms with Gasteiger partial charge in [0.2, 0.25) is 0 Å². The SMILES string of the molecule is CC(C)Cn1nccc1CNCc1ccco1. The van der Waals surface area contributed by atoms with Gasteiger partial charge < -0.3 is 9.73 Å². The van der Waals surface area contributed by atoms with Crippen molar-refractivity contribution in [1.29, 1.82) is 0 Å². The van der Waals surface area contributed by atoms with E-state index in [2.05, 4.69) is 35.0 Å². The Bertz CT molecular complexity index is 431. The van der Waals surface area contributed by atoms with Gasteiger partial charge in [0.1, 0.15) is 5.76 Å². The number of nitrogens with one attached hydrogen (secondary N) is 1. The lowest BCUT2D eigenvalue weighted by Crippen LogP contribution is -2.17. The molecule has 0 aliphatic heterocycles. The molecule has 17 heavy (non-hydrogen) atoms. The van der Waals surface area contributed by atoms with Gasteiger partial charge in [0, 0.05) is 19.3 Å². The van der Waals surface area contributed by atoms with E-state index < -0.39 is 0 Å². The summed E-state index contributed by atoms with van der Waals surface area (Å²) in [7, 11) is 0. The van der Waals surface area contributed by atoms with E-state index in [1.807, 2.05) is 18.3 Å². The number of rotatable bonds is 6. The molecule has 0 spiro atoms. The van der Waals surface area contributed by atoms with Gasteiger partial charge in [0.15, 0.2) is 0 Å². The highest BCUT2D eigenvalue weighted by Gasteiger charge is 2.04. The van der Waals surface area contributed by atoms with Crippen molar-refractivity contribution in [2.24, 2.45) is 5.92 Å². The Hall–Kier alpha value is -1.55. The Morgan fingerprint density at radius 1 is 1.35 bits per heavy atom. The maximum absolute atomic E-state index is 5.26. The molecule has 0 saturated carbocycles. The van der Waals surface area contributed by atoms with E-state index in [0.29, 0.717) is 5.92 Å². The van der Waals surface area contributed by atoms with Gasteiger partial charge in [-0.25, -0.2) is 0 Å². The molecule has 92 valence electrons. The zero-order chi connectivity index (χ0) is 12.1. The fraction of sp³-hybridized carbons (Fsp3) is 0.462. The van der Waals surface area contributed by atoms with E-state index in [-0.39, 0.29) is 0 Å². The quantitative estimate of drug-likeness (QED) is 0.833. The molecular formula is C13H19N3O. The van der Waals surface area contributed by atoms with Crippen molar-refractivity contribution >= 4 is 0 Å². The zero-order valence-corrected chi connectivity index (χ0v) is 10.4. The molecule has 4 heteroatoms. The first-order chi connectivity index (χ1) is 8.25. The lowest BCUT2D eigenvalue weighted by atomic mass is 10.2. The van der Waals surface area contributed by atoms with E-state index in [4.69, 9.17) is 4.42 Å². The molecule has 1 N–H and O–H groups in total. The van der Waals surface area contributed by atoms with Crippen LogP contribution in [0.25, 0.3) is 0 Å². The van der Waals surface area contributed by atoms with Crippen molar-refractivity contribution in [2.75, 3.05) is 0 Å². The van der Waals surface area contributed by atoms with E-state index in [1.165, 1.54) is 5.69 Å². The first-order valence-electron chi connectivity index (χ1n) is 5.99. The van der Waals surface area contributed by atoms with Gasteiger partial charge in [-0.1, -0.05) is 13.8 Å². The lowest BCUT2D eigenvalue weighted by molar-refractivity contribution is 0.449. The maximum Gasteiger partial charge on any atom is 0.117 e. The van der Waals surface area contributed by atoms with Crippen LogP contribution in [0.1, 0.15) is 25.3 Å². The van der Waals surface area contributed by atoms with Crippen molar-refractivity contribution < 1.29 is 4.42 Å². The molecule has 2 aromatic rings. The molecule has 0 fully saturated rings. The maximum atomic E-state index is 5.26. The predicted octanol–water partition coefficient (Wildman–Crippen LogP) is 2.42. The number of hydrogen-bond acceptors (Lipinski definition) is 3. The highest BCUT2D eigenvalue weighted by atomic mass is 16.3. The minimum atomic E-state index is 0.610. The molecule has 2 aromatic heterocycles. The fourth-order valence-electron chi connectivity index (χ4n) is 1.75.